The summed E-state index contributed by atoms with van der Waals surface area (Å²) in [4.78, 5) is 15.7. The van der Waals surface area contributed by atoms with Gasteiger partial charge in [-0.2, -0.15) is 0 Å². The SMILES string of the molecule is CC/C(=N\OC)NC(=O)C(C)C. The summed E-state index contributed by atoms with van der Waals surface area (Å²) >= 11 is 0. The third-order valence-electron chi connectivity index (χ3n) is 1.33. The minimum atomic E-state index is -0.0346. The van der Waals surface area contributed by atoms with Gasteiger partial charge in [-0.05, 0) is 0 Å². The van der Waals surface area contributed by atoms with Crippen LogP contribution in [0.5, 0.6) is 0 Å². The summed E-state index contributed by atoms with van der Waals surface area (Å²) in [6.07, 6.45) is 0.659. The Morgan fingerprint density at radius 2 is 2.17 bits per heavy atom. The van der Waals surface area contributed by atoms with E-state index in [9.17, 15) is 4.79 Å². The highest BCUT2D eigenvalue weighted by Gasteiger charge is 2.08. The number of carbonyl (C=O) groups excluding carboxylic acids is 1. The van der Waals surface area contributed by atoms with Crippen LogP contribution >= 0.6 is 0 Å². The number of oxime groups is 1. The average molecular weight is 172 g/mol. The van der Waals surface area contributed by atoms with E-state index < -0.39 is 0 Å². The Kier molecular flexibility index (Phi) is 5.08. The Labute approximate surface area is 73.0 Å². The van der Waals surface area contributed by atoms with Crippen LogP contribution in [0.25, 0.3) is 0 Å². The van der Waals surface area contributed by atoms with Gasteiger partial charge in [-0.1, -0.05) is 25.9 Å². The van der Waals surface area contributed by atoms with E-state index in [-0.39, 0.29) is 11.8 Å². The molecule has 0 spiro atoms. The normalized spacial score (nSPS) is 11.6. The van der Waals surface area contributed by atoms with Crippen molar-refractivity contribution in [2.75, 3.05) is 7.11 Å². The zero-order chi connectivity index (χ0) is 9.56. The number of amides is 1. The van der Waals surface area contributed by atoms with Gasteiger partial charge >= 0.3 is 0 Å². The zero-order valence-corrected chi connectivity index (χ0v) is 8.05. The minimum absolute atomic E-state index is 0.0291. The topological polar surface area (TPSA) is 50.7 Å². The fraction of sp³-hybridized carbons (Fsp3) is 0.750. The molecule has 0 atom stereocenters. The van der Waals surface area contributed by atoms with Gasteiger partial charge in [-0.15, -0.1) is 0 Å². The molecule has 4 heteroatoms. The first-order valence-electron chi connectivity index (χ1n) is 4.02. The molecule has 0 aliphatic rings. The number of rotatable bonds is 3. The van der Waals surface area contributed by atoms with Crippen molar-refractivity contribution in [1.82, 2.24) is 5.32 Å². The lowest BCUT2D eigenvalue weighted by Crippen LogP contribution is -2.33. The van der Waals surface area contributed by atoms with E-state index in [1.165, 1.54) is 7.11 Å². The molecule has 0 saturated heterocycles. The van der Waals surface area contributed by atoms with Crippen molar-refractivity contribution in [1.29, 1.82) is 0 Å². The highest BCUT2D eigenvalue weighted by molar-refractivity contribution is 5.98. The molecule has 0 aliphatic heterocycles. The van der Waals surface area contributed by atoms with Gasteiger partial charge in [0, 0.05) is 12.3 Å². The molecule has 0 unspecified atom stereocenters. The van der Waals surface area contributed by atoms with E-state index in [1.54, 1.807) is 0 Å². The lowest BCUT2D eigenvalue weighted by atomic mass is 10.2. The minimum Gasteiger partial charge on any atom is -0.398 e. The predicted molar refractivity (Wildman–Crippen MR) is 47.7 cm³/mol. The smallest absolute Gasteiger partial charge is 0.227 e. The van der Waals surface area contributed by atoms with Crippen LogP contribution < -0.4 is 5.32 Å². The second-order valence-electron chi connectivity index (χ2n) is 2.72. The van der Waals surface area contributed by atoms with Gasteiger partial charge in [0.05, 0.1) is 0 Å². The van der Waals surface area contributed by atoms with Gasteiger partial charge in [-0.25, -0.2) is 0 Å². The van der Waals surface area contributed by atoms with Crippen LogP contribution in [-0.2, 0) is 9.63 Å². The third kappa shape index (κ3) is 3.95. The molecule has 12 heavy (non-hydrogen) atoms. The first-order chi connectivity index (χ1) is 5.61. The standard InChI is InChI=1S/C8H16N2O2/c1-5-7(10-12-4)9-8(11)6(2)3/h6H,5H2,1-4H3,(H,9,10,11). The number of hydrogen-bond acceptors (Lipinski definition) is 3. The maximum absolute atomic E-state index is 11.1. The number of carbonyl (C=O) groups is 1. The molecule has 0 fully saturated rings. The van der Waals surface area contributed by atoms with E-state index in [4.69, 9.17) is 0 Å². The molecule has 0 aromatic rings. The van der Waals surface area contributed by atoms with E-state index in [2.05, 4.69) is 15.3 Å². The first-order valence-corrected chi connectivity index (χ1v) is 4.02. The average Bonchev–Trinajstić information content (AvgIpc) is 2.03. The Balaban J connectivity index is 4.03. The Bertz CT molecular complexity index is 176. The van der Waals surface area contributed by atoms with Crippen molar-refractivity contribution in [2.24, 2.45) is 11.1 Å². The summed E-state index contributed by atoms with van der Waals surface area (Å²) in [5.41, 5.74) is 0. The molecule has 0 rings (SSSR count). The zero-order valence-electron chi connectivity index (χ0n) is 8.05. The molecule has 0 aromatic heterocycles. The number of hydrogen-bond donors (Lipinski definition) is 1. The Hall–Kier alpha value is -1.06. The summed E-state index contributed by atoms with van der Waals surface area (Å²) in [5.74, 6) is 0.502. The maximum Gasteiger partial charge on any atom is 0.227 e. The van der Waals surface area contributed by atoms with Gasteiger partial charge in [-0.3, -0.25) is 4.79 Å². The molecule has 1 amide bonds. The van der Waals surface area contributed by atoms with Crippen LogP contribution in [0, 0.1) is 5.92 Å². The molecular formula is C8H16N2O2. The summed E-state index contributed by atoms with van der Waals surface area (Å²) < 4.78 is 0. The number of nitrogens with one attached hydrogen (secondary N) is 1. The van der Waals surface area contributed by atoms with Crippen molar-refractivity contribution < 1.29 is 9.63 Å². The fourth-order valence-corrected chi connectivity index (χ4v) is 0.573. The van der Waals surface area contributed by atoms with Crippen molar-refractivity contribution in [3.8, 4) is 0 Å². The monoisotopic (exact) mass is 172 g/mol. The molecular weight excluding hydrogens is 156 g/mol. The van der Waals surface area contributed by atoms with Gasteiger partial charge in [0.25, 0.3) is 0 Å². The molecule has 0 aliphatic carbocycles. The molecule has 1 N–H and O–H groups in total. The summed E-state index contributed by atoms with van der Waals surface area (Å²) in [6.45, 7) is 5.56. The highest BCUT2D eigenvalue weighted by atomic mass is 16.6. The second kappa shape index (κ2) is 5.57. The quantitative estimate of drug-likeness (QED) is 0.394. The summed E-state index contributed by atoms with van der Waals surface area (Å²) in [5, 5.41) is 6.30. The van der Waals surface area contributed by atoms with Crippen LogP contribution in [0.2, 0.25) is 0 Å². The molecule has 0 saturated carbocycles. The lowest BCUT2D eigenvalue weighted by Gasteiger charge is -2.07. The second-order valence-corrected chi connectivity index (χ2v) is 2.72. The lowest BCUT2D eigenvalue weighted by molar-refractivity contribution is -0.122. The van der Waals surface area contributed by atoms with E-state index >= 15 is 0 Å². The van der Waals surface area contributed by atoms with Gasteiger partial charge in [0.2, 0.25) is 5.91 Å². The molecule has 0 aromatic carbocycles. The number of amidine groups is 1. The van der Waals surface area contributed by atoms with Crippen LogP contribution in [0.15, 0.2) is 5.16 Å². The maximum atomic E-state index is 11.1. The van der Waals surface area contributed by atoms with Crippen LogP contribution in [0.1, 0.15) is 27.2 Å². The fourth-order valence-electron chi connectivity index (χ4n) is 0.573. The van der Waals surface area contributed by atoms with Crippen molar-refractivity contribution in [2.45, 2.75) is 27.2 Å². The molecule has 0 bridgehead atoms. The van der Waals surface area contributed by atoms with Crippen LogP contribution in [0.3, 0.4) is 0 Å². The first kappa shape index (κ1) is 10.9. The van der Waals surface area contributed by atoms with Crippen LogP contribution in [0.4, 0.5) is 0 Å². The van der Waals surface area contributed by atoms with Gasteiger partial charge in [0.15, 0.2) is 0 Å². The summed E-state index contributed by atoms with van der Waals surface area (Å²) in [7, 11) is 1.46. The van der Waals surface area contributed by atoms with Gasteiger partial charge < -0.3 is 10.2 Å². The van der Waals surface area contributed by atoms with Crippen LogP contribution in [-0.4, -0.2) is 18.9 Å². The molecule has 0 radical (unpaired) electrons. The highest BCUT2D eigenvalue weighted by Crippen LogP contribution is 1.92. The molecule has 4 nitrogen and oxygen atoms in total. The van der Waals surface area contributed by atoms with Crippen molar-refractivity contribution in [3.05, 3.63) is 0 Å². The largest absolute Gasteiger partial charge is 0.398 e. The Morgan fingerprint density at radius 1 is 1.58 bits per heavy atom. The van der Waals surface area contributed by atoms with Gasteiger partial charge in [0.1, 0.15) is 12.9 Å². The van der Waals surface area contributed by atoms with E-state index in [0.29, 0.717) is 12.3 Å². The molecule has 0 heterocycles. The summed E-state index contributed by atoms with van der Waals surface area (Å²) in [6, 6.07) is 0. The number of nitrogens with zero attached hydrogens (tertiary/aromatic N) is 1. The molecule has 70 valence electrons. The van der Waals surface area contributed by atoms with E-state index in [1.807, 2.05) is 20.8 Å². The van der Waals surface area contributed by atoms with Crippen molar-refractivity contribution in [3.63, 3.8) is 0 Å². The van der Waals surface area contributed by atoms with Crippen molar-refractivity contribution >= 4 is 11.7 Å². The van der Waals surface area contributed by atoms with E-state index in [0.717, 1.165) is 0 Å². The third-order valence-corrected chi connectivity index (χ3v) is 1.33. The Morgan fingerprint density at radius 3 is 2.50 bits per heavy atom. The predicted octanol–water partition coefficient (Wildman–Crippen LogP) is 1.13.